The van der Waals surface area contributed by atoms with Crippen LogP contribution in [0.3, 0.4) is 0 Å². The van der Waals surface area contributed by atoms with Gasteiger partial charge in [0.05, 0.1) is 12.2 Å². The van der Waals surface area contributed by atoms with Crippen LogP contribution >= 0.6 is 0 Å². The SMILES string of the molecule is CC(C)Oc1cc(N)cc(NCC(O)CC(C)(C)C)c1. The van der Waals surface area contributed by atoms with Crippen LogP contribution in [0.4, 0.5) is 11.4 Å². The molecule has 4 nitrogen and oxygen atoms in total. The Hall–Kier alpha value is -1.42. The molecule has 0 fully saturated rings. The van der Waals surface area contributed by atoms with Crippen LogP contribution < -0.4 is 15.8 Å². The molecule has 0 aliphatic rings. The molecule has 1 aromatic carbocycles. The molecular weight excluding hydrogens is 252 g/mol. The Bertz CT molecular complexity index is 425. The third-order valence-corrected chi connectivity index (χ3v) is 2.69. The fraction of sp³-hybridized carbons (Fsp3) is 0.625. The number of benzene rings is 1. The lowest BCUT2D eigenvalue weighted by molar-refractivity contribution is 0.132. The second-order valence-electron chi connectivity index (χ2n) is 6.76. The lowest BCUT2D eigenvalue weighted by Gasteiger charge is -2.23. The van der Waals surface area contributed by atoms with Crippen molar-refractivity contribution in [3.8, 4) is 5.75 Å². The van der Waals surface area contributed by atoms with Gasteiger partial charge in [-0.2, -0.15) is 0 Å². The van der Waals surface area contributed by atoms with Gasteiger partial charge in [0, 0.05) is 30.1 Å². The summed E-state index contributed by atoms with van der Waals surface area (Å²) in [6.07, 6.45) is 0.472. The van der Waals surface area contributed by atoms with Crippen molar-refractivity contribution < 1.29 is 9.84 Å². The summed E-state index contributed by atoms with van der Waals surface area (Å²) < 4.78 is 5.64. The van der Waals surface area contributed by atoms with E-state index in [1.165, 1.54) is 0 Å². The van der Waals surface area contributed by atoms with Crippen LogP contribution in [0.2, 0.25) is 0 Å². The monoisotopic (exact) mass is 280 g/mol. The van der Waals surface area contributed by atoms with Crippen LogP contribution in [-0.4, -0.2) is 23.9 Å². The normalized spacial score (nSPS) is 13.3. The number of hydrogen-bond donors (Lipinski definition) is 3. The molecule has 0 aliphatic heterocycles. The molecule has 1 rings (SSSR count). The fourth-order valence-electron chi connectivity index (χ4n) is 2.08. The van der Waals surface area contributed by atoms with Gasteiger partial charge in [0.15, 0.2) is 0 Å². The Labute approximate surface area is 122 Å². The molecule has 1 atom stereocenters. The fourth-order valence-corrected chi connectivity index (χ4v) is 2.08. The molecule has 0 spiro atoms. The second-order valence-corrected chi connectivity index (χ2v) is 6.76. The van der Waals surface area contributed by atoms with E-state index in [2.05, 4.69) is 26.1 Å². The molecule has 0 saturated heterocycles. The number of rotatable bonds is 6. The van der Waals surface area contributed by atoms with Gasteiger partial charge in [-0.1, -0.05) is 20.8 Å². The maximum Gasteiger partial charge on any atom is 0.123 e. The van der Waals surface area contributed by atoms with Crippen LogP contribution in [0.1, 0.15) is 41.0 Å². The van der Waals surface area contributed by atoms with E-state index in [0.29, 0.717) is 12.2 Å². The van der Waals surface area contributed by atoms with Gasteiger partial charge in [-0.25, -0.2) is 0 Å². The van der Waals surface area contributed by atoms with Gasteiger partial charge >= 0.3 is 0 Å². The van der Waals surface area contributed by atoms with Crippen LogP contribution in [-0.2, 0) is 0 Å². The van der Waals surface area contributed by atoms with Crippen molar-refractivity contribution in [1.29, 1.82) is 0 Å². The van der Waals surface area contributed by atoms with Crippen molar-refractivity contribution >= 4 is 11.4 Å². The molecule has 1 aromatic rings. The van der Waals surface area contributed by atoms with E-state index in [9.17, 15) is 5.11 Å². The first-order valence-corrected chi connectivity index (χ1v) is 7.15. The Balaban J connectivity index is 2.61. The van der Waals surface area contributed by atoms with E-state index < -0.39 is 0 Å². The number of nitrogens with two attached hydrogens (primary N) is 1. The molecule has 0 aromatic heterocycles. The Morgan fingerprint density at radius 2 is 1.90 bits per heavy atom. The summed E-state index contributed by atoms with van der Waals surface area (Å²) in [6, 6.07) is 5.55. The number of hydrogen-bond acceptors (Lipinski definition) is 4. The summed E-state index contributed by atoms with van der Waals surface area (Å²) in [5.41, 5.74) is 7.49. The van der Waals surface area contributed by atoms with Crippen molar-refractivity contribution in [3.63, 3.8) is 0 Å². The summed E-state index contributed by atoms with van der Waals surface area (Å²) in [5, 5.41) is 13.2. The highest BCUT2D eigenvalue weighted by Gasteiger charge is 2.16. The molecule has 0 bridgehead atoms. The average molecular weight is 280 g/mol. The molecule has 4 N–H and O–H groups in total. The summed E-state index contributed by atoms with van der Waals surface area (Å²) in [7, 11) is 0. The molecule has 0 aliphatic carbocycles. The smallest absolute Gasteiger partial charge is 0.123 e. The van der Waals surface area contributed by atoms with E-state index in [4.69, 9.17) is 10.5 Å². The van der Waals surface area contributed by atoms with E-state index in [-0.39, 0.29) is 17.6 Å². The van der Waals surface area contributed by atoms with Crippen molar-refractivity contribution in [3.05, 3.63) is 18.2 Å². The first-order valence-electron chi connectivity index (χ1n) is 7.15. The number of nitrogens with one attached hydrogen (secondary N) is 1. The lowest BCUT2D eigenvalue weighted by atomic mass is 9.89. The number of aliphatic hydroxyl groups excluding tert-OH is 1. The zero-order valence-corrected chi connectivity index (χ0v) is 13.2. The van der Waals surface area contributed by atoms with Crippen molar-refractivity contribution in [1.82, 2.24) is 0 Å². The van der Waals surface area contributed by atoms with Crippen molar-refractivity contribution in [2.75, 3.05) is 17.6 Å². The molecule has 1 unspecified atom stereocenters. The Kier molecular flexibility index (Phi) is 5.69. The van der Waals surface area contributed by atoms with Crippen LogP contribution in [0.25, 0.3) is 0 Å². The highest BCUT2D eigenvalue weighted by molar-refractivity contribution is 5.59. The first kappa shape index (κ1) is 16.6. The quantitative estimate of drug-likeness (QED) is 0.700. The lowest BCUT2D eigenvalue weighted by Crippen LogP contribution is -2.25. The van der Waals surface area contributed by atoms with Gasteiger partial charge in [0.2, 0.25) is 0 Å². The van der Waals surface area contributed by atoms with E-state index in [1.807, 2.05) is 26.0 Å². The first-order chi connectivity index (χ1) is 9.15. The summed E-state index contributed by atoms with van der Waals surface area (Å²) in [4.78, 5) is 0. The molecular formula is C16H28N2O2. The summed E-state index contributed by atoms with van der Waals surface area (Å²) >= 11 is 0. The van der Waals surface area contributed by atoms with Gasteiger partial charge in [0.1, 0.15) is 5.75 Å². The topological polar surface area (TPSA) is 67.5 Å². The molecule has 4 heteroatoms. The van der Waals surface area contributed by atoms with Crippen LogP contribution in [0, 0.1) is 5.41 Å². The third-order valence-electron chi connectivity index (χ3n) is 2.69. The number of nitrogen functional groups attached to an aromatic ring is 1. The highest BCUT2D eigenvalue weighted by Crippen LogP contribution is 2.24. The van der Waals surface area contributed by atoms with E-state index >= 15 is 0 Å². The Morgan fingerprint density at radius 1 is 1.25 bits per heavy atom. The molecule has 0 heterocycles. The molecule has 20 heavy (non-hydrogen) atoms. The van der Waals surface area contributed by atoms with E-state index in [1.54, 1.807) is 6.07 Å². The molecule has 0 saturated carbocycles. The third kappa shape index (κ3) is 6.66. The standard InChI is InChI=1S/C16H28N2O2/c1-11(2)20-15-7-12(17)6-13(8-15)18-10-14(19)9-16(3,4)5/h6-8,11,14,18-19H,9-10,17H2,1-5H3. The van der Waals surface area contributed by atoms with Crippen LogP contribution in [0.5, 0.6) is 5.75 Å². The van der Waals surface area contributed by atoms with Gasteiger partial charge in [-0.3, -0.25) is 0 Å². The predicted molar refractivity (Wildman–Crippen MR) is 85.2 cm³/mol. The number of anilines is 2. The minimum Gasteiger partial charge on any atom is -0.491 e. The zero-order valence-electron chi connectivity index (χ0n) is 13.2. The second kappa shape index (κ2) is 6.84. The molecule has 114 valence electrons. The maximum absolute atomic E-state index is 10.0. The van der Waals surface area contributed by atoms with Gasteiger partial charge in [-0.05, 0) is 31.7 Å². The minimum absolute atomic E-state index is 0.108. The largest absolute Gasteiger partial charge is 0.491 e. The van der Waals surface area contributed by atoms with Crippen LogP contribution in [0.15, 0.2) is 18.2 Å². The van der Waals surface area contributed by atoms with Crippen molar-refractivity contribution in [2.24, 2.45) is 5.41 Å². The zero-order chi connectivity index (χ0) is 15.3. The molecule has 0 radical (unpaired) electrons. The highest BCUT2D eigenvalue weighted by atomic mass is 16.5. The van der Waals surface area contributed by atoms with Gasteiger partial charge in [-0.15, -0.1) is 0 Å². The summed E-state index contributed by atoms with van der Waals surface area (Å²) in [6.45, 7) is 10.8. The number of ether oxygens (including phenoxy) is 1. The summed E-state index contributed by atoms with van der Waals surface area (Å²) in [5.74, 6) is 0.743. The number of aliphatic hydroxyl groups is 1. The van der Waals surface area contributed by atoms with E-state index in [0.717, 1.165) is 17.9 Å². The molecule has 0 amide bonds. The Morgan fingerprint density at radius 3 is 2.45 bits per heavy atom. The average Bonchev–Trinajstić information content (AvgIpc) is 2.22. The predicted octanol–water partition coefficient (Wildman–Crippen LogP) is 3.27. The maximum atomic E-state index is 10.0. The van der Waals surface area contributed by atoms with Gasteiger partial charge < -0.3 is 20.9 Å². The minimum atomic E-state index is -0.383. The van der Waals surface area contributed by atoms with Crippen molar-refractivity contribution in [2.45, 2.75) is 53.2 Å². The van der Waals surface area contributed by atoms with Gasteiger partial charge in [0.25, 0.3) is 0 Å².